The summed E-state index contributed by atoms with van der Waals surface area (Å²) in [6, 6.07) is 12.0. The molecule has 0 radical (unpaired) electrons. The first kappa shape index (κ1) is 17.0. The van der Waals surface area contributed by atoms with E-state index in [1.165, 1.54) is 18.2 Å². The van der Waals surface area contributed by atoms with Gasteiger partial charge in [-0.25, -0.2) is 4.79 Å². The Labute approximate surface area is 149 Å². The van der Waals surface area contributed by atoms with Crippen molar-refractivity contribution in [1.29, 1.82) is 0 Å². The Morgan fingerprint density at radius 3 is 2.64 bits per heavy atom. The molecule has 6 heteroatoms. The maximum absolute atomic E-state index is 12.8. The molecule has 1 atom stereocenters. The first-order valence-electron chi connectivity index (χ1n) is 7.76. The molecule has 1 heterocycles. The molecule has 0 saturated carbocycles. The van der Waals surface area contributed by atoms with Crippen LogP contribution in [0.25, 0.3) is 10.9 Å². The molecule has 5 nitrogen and oxygen atoms in total. The van der Waals surface area contributed by atoms with E-state index in [4.69, 9.17) is 22.1 Å². The topological polar surface area (TPSA) is 85.2 Å². The first-order chi connectivity index (χ1) is 11.9. The summed E-state index contributed by atoms with van der Waals surface area (Å²) in [5.74, 6) is -0.882. The van der Waals surface area contributed by atoms with Gasteiger partial charge in [0.05, 0.1) is 16.3 Å². The molecule has 2 aromatic carbocycles. The Hall–Kier alpha value is -2.79. The number of anilines is 1. The predicted molar refractivity (Wildman–Crippen MR) is 98.1 cm³/mol. The van der Waals surface area contributed by atoms with Crippen molar-refractivity contribution in [2.75, 3.05) is 5.73 Å². The lowest BCUT2D eigenvalue weighted by molar-refractivity contribution is 0.0319. The third-order valence-electron chi connectivity index (χ3n) is 4.02. The number of aromatic amines is 1. The average Bonchev–Trinajstić information content (AvgIpc) is 2.92. The fraction of sp³-hybridized carbons (Fsp3) is 0.158. The summed E-state index contributed by atoms with van der Waals surface area (Å²) < 4.78 is 5.32. The zero-order valence-electron chi connectivity index (χ0n) is 13.8. The standard InChI is InChI=1S/C19H17ClN2O3/c1-10-17(13-5-3-4-6-16(13)22-10)18(23)11(2)25-19(24)12-7-8-14(20)15(21)9-12/h3-9,11,22H,21H2,1-2H3. The number of esters is 1. The maximum atomic E-state index is 12.8. The molecule has 0 aliphatic rings. The Balaban J connectivity index is 1.83. The van der Waals surface area contributed by atoms with Crippen LogP contribution in [-0.4, -0.2) is 22.8 Å². The summed E-state index contributed by atoms with van der Waals surface area (Å²) in [6.45, 7) is 3.38. The van der Waals surface area contributed by atoms with Gasteiger partial charge >= 0.3 is 5.97 Å². The van der Waals surface area contributed by atoms with Gasteiger partial charge < -0.3 is 15.5 Å². The number of benzene rings is 2. The minimum Gasteiger partial charge on any atom is -0.451 e. The van der Waals surface area contributed by atoms with Crippen molar-refractivity contribution in [1.82, 2.24) is 4.98 Å². The summed E-state index contributed by atoms with van der Waals surface area (Å²) in [7, 11) is 0. The molecule has 0 aliphatic carbocycles. The van der Waals surface area contributed by atoms with Gasteiger partial charge in [-0.3, -0.25) is 4.79 Å². The van der Waals surface area contributed by atoms with Crippen LogP contribution < -0.4 is 5.73 Å². The number of carbonyl (C=O) groups is 2. The molecule has 3 aromatic rings. The van der Waals surface area contributed by atoms with Crippen molar-refractivity contribution < 1.29 is 14.3 Å². The summed E-state index contributed by atoms with van der Waals surface area (Å²) in [5, 5.41) is 1.17. The second-order valence-corrected chi connectivity index (χ2v) is 6.23. The number of nitrogen functional groups attached to an aromatic ring is 1. The van der Waals surface area contributed by atoms with Gasteiger partial charge in [0.2, 0.25) is 5.78 Å². The number of aromatic nitrogens is 1. The molecule has 1 unspecified atom stereocenters. The zero-order chi connectivity index (χ0) is 18.1. The van der Waals surface area contributed by atoms with Crippen LogP contribution in [0, 0.1) is 6.92 Å². The van der Waals surface area contributed by atoms with E-state index in [-0.39, 0.29) is 17.0 Å². The van der Waals surface area contributed by atoms with E-state index in [0.29, 0.717) is 10.6 Å². The molecule has 128 valence electrons. The van der Waals surface area contributed by atoms with Crippen LogP contribution in [-0.2, 0) is 4.74 Å². The third-order valence-corrected chi connectivity index (χ3v) is 4.37. The number of H-pyrrole nitrogens is 1. The van der Waals surface area contributed by atoms with E-state index in [1.54, 1.807) is 6.92 Å². The van der Waals surface area contributed by atoms with E-state index in [2.05, 4.69) is 4.98 Å². The van der Waals surface area contributed by atoms with Crippen LogP contribution in [0.1, 0.15) is 33.3 Å². The number of aryl methyl sites for hydroxylation is 1. The molecule has 0 spiro atoms. The quantitative estimate of drug-likeness (QED) is 0.418. The number of Topliss-reactive ketones (excluding diaryl/α,β-unsaturated/α-hetero) is 1. The molecule has 3 rings (SSSR count). The molecule has 1 aromatic heterocycles. The van der Waals surface area contributed by atoms with Crippen molar-refractivity contribution in [3.8, 4) is 0 Å². The van der Waals surface area contributed by atoms with Gasteiger partial charge in [0.1, 0.15) is 0 Å². The largest absolute Gasteiger partial charge is 0.451 e. The van der Waals surface area contributed by atoms with E-state index in [9.17, 15) is 9.59 Å². The summed E-state index contributed by atoms with van der Waals surface area (Å²) >= 11 is 5.85. The molecule has 0 saturated heterocycles. The van der Waals surface area contributed by atoms with Crippen molar-refractivity contribution in [3.63, 3.8) is 0 Å². The summed E-state index contributed by atoms with van der Waals surface area (Å²) in [5.41, 5.74) is 8.37. The fourth-order valence-corrected chi connectivity index (χ4v) is 2.87. The highest BCUT2D eigenvalue weighted by Gasteiger charge is 2.25. The minimum atomic E-state index is -0.928. The number of fused-ring (bicyclic) bond motifs is 1. The van der Waals surface area contributed by atoms with Gasteiger partial charge in [-0.1, -0.05) is 29.8 Å². The van der Waals surface area contributed by atoms with Crippen molar-refractivity contribution in [3.05, 3.63) is 64.3 Å². The van der Waals surface area contributed by atoms with Gasteiger partial charge in [-0.2, -0.15) is 0 Å². The van der Waals surface area contributed by atoms with Crippen LogP contribution in [0.2, 0.25) is 5.02 Å². The van der Waals surface area contributed by atoms with Crippen molar-refractivity contribution >= 4 is 39.9 Å². The van der Waals surface area contributed by atoms with Crippen molar-refractivity contribution in [2.24, 2.45) is 0 Å². The number of rotatable bonds is 4. The maximum Gasteiger partial charge on any atom is 0.338 e. The highest BCUT2D eigenvalue weighted by Crippen LogP contribution is 2.25. The predicted octanol–water partition coefficient (Wildman–Crippen LogP) is 4.14. The average molecular weight is 357 g/mol. The molecular weight excluding hydrogens is 340 g/mol. The van der Waals surface area contributed by atoms with Crippen LogP contribution >= 0.6 is 11.6 Å². The number of halogens is 1. The third kappa shape index (κ3) is 3.23. The molecule has 0 bridgehead atoms. The Kier molecular flexibility index (Phi) is 4.51. The van der Waals surface area contributed by atoms with Crippen LogP contribution in [0.15, 0.2) is 42.5 Å². The van der Waals surface area contributed by atoms with Gasteiger partial charge in [-0.15, -0.1) is 0 Å². The SMILES string of the molecule is Cc1[nH]c2ccccc2c1C(=O)C(C)OC(=O)c1ccc(Cl)c(N)c1. The lowest BCUT2D eigenvalue weighted by Crippen LogP contribution is -2.25. The minimum absolute atomic E-state index is 0.247. The second kappa shape index (κ2) is 6.61. The molecule has 0 amide bonds. The van der Waals surface area contributed by atoms with Crippen molar-refractivity contribution in [2.45, 2.75) is 20.0 Å². The molecule has 25 heavy (non-hydrogen) atoms. The molecule has 0 fully saturated rings. The second-order valence-electron chi connectivity index (χ2n) is 5.82. The number of ether oxygens (including phenoxy) is 1. The lowest BCUT2D eigenvalue weighted by atomic mass is 10.0. The van der Waals surface area contributed by atoms with E-state index >= 15 is 0 Å². The van der Waals surface area contributed by atoms with Crippen LogP contribution in [0.5, 0.6) is 0 Å². The highest BCUT2D eigenvalue weighted by atomic mass is 35.5. The van der Waals surface area contributed by atoms with Gasteiger partial charge in [0, 0.05) is 22.2 Å². The summed E-state index contributed by atoms with van der Waals surface area (Å²) in [6.07, 6.45) is -0.928. The van der Waals surface area contributed by atoms with Gasteiger partial charge in [-0.05, 0) is 38.1 Å². The summed E-state index contributed by atoms with van der Waals surface area (Å²) in [4.78, 5) is 28.2. The number of para-hydroxylation sites is 1. The number of carbonyl (C=O) groups excluding carboxylic acids is 2. The Morgan fingerprint density at radius 2 is 1.92 bits per heavy atom. The normalized spacial score (nSPS) is 12.1. The molecular formula is C19H17ClN2O3. The Bertz CT molecular complexity index is 978. The number of nitrogens with one attached hydrogen (secondary N) is 1. The highest BCUT2D eigenvalue weighted by molar-refractivity contribution is 6.33. The van der Waals surface area contributed by atoms with E-state index in [1.807, 2.05) is 31.2 Å². The number of ketones is 1. The first-order valence-corrected chi connectivity index (χ1v) is 8.14. The fourth-order valence-electron chi connectivity index (χ4n) is 2.75. The smallest absolute Gasteiger partial charge is 0.338 e. The Morgan fingerprint density at radius 1 is 1.20 bits per heavy atom. The molecule has 3 N–H and O–H groups in total. The van der Waals surface area contributed by atoms with E-state index in [0.717, 1.165) is 16.6 Å². The van der Waals surface area contributed by atoms with Gasteiger partial charge in [0.25, 0.3) is 0 Å². The van der Waals surface area contributed by atoms with Gasteiger partial charge in [0.15, 0.2) is 6.10 Å². The lowest BCUT2D eigenvalue weighted by Gasteiger charge is -2.13. The monoisotopic (exact) mass is 356 g/mol. The number of hydrogen-bond acceptors (Lipinski definition) is 4. The number of nitrogens with two attached hydrogens (primary N) is 1. The van der Waals surface area contributed by atoms with E-state index < -0.39 is 12.1 Å². The number of hydrogen-bond donors (Lipinski definition) is 2. The molecule has 0 aliphatic heterocycles. The van der Waals surface area contributed by atoms with Crippen LogP contribution in [0.3, 0.4) is 0 Å². The zero-order valence-corrected chi connectivity index (χ0v) is 14.6. The van der Waals surface area contributed by atoms with Crippen LogP contribution in [0.4, 0.5) is 5.69 Å².